The van der Waals surface area contributed by atoms with Crippen molar-refractivity contribution in [1.29, 1.82) is 0 Å². The lowest BCUT2D eigenvalue weighted by atomic mass is 10.2. The van der Waals surface area contributed by atoms with Crippen LogP contribution in [0.25, 0.3) is 0 Å². The Morgan fingerprint density at radius 1 is 0.475 bits per heavy atom. The number of hydrogen-bond donors (Lipinski definition) is 10. The SMILES string of the molecule is CC(=O)O.CCCCCC(=O)O.CCCCCC(=O)O.CCCCCC(=O)O.OCC(O)CO.OCC(O)CO. The molecule has 14 heteroatoms. The molecule has 0 bridgehead atoms. The van der Waals surface area contributed by atoms with Gasteiger partial charge in [0.25, 0.3) is 5.97 Å². The maximum absolute atomic E-state index is 9.87. The Kier molecular flexibility index (Phi) is 58.7. The first-order chi connectivity index (χ1) is 18.7. The summed E-state index contributed by atoms with van der Waals surface area (Å²) in [7, 11) is 0. The normalized spacial score (nSPS) is 9.10. The van der Waals surface area contributed by atoms with Crippen LogP contribution in [-0.4, -0.2) is 114 Å². The maximum Gasteiger partial charge on any atom is 0.303 e. The van der Waals surface area contributed by atoms with Crippen LogP contribution in [0, 0.1) is 0 Å². The van der Waals surface area contributed by atoms with Crippen molar-refractivity contribution < 1.29 is 70.2 Å². The smallest absolute Gasteiger partial charge is 0.303 e. The predicted molar refractivity (Wildman–Crippen MR) is 149 cm³/mol. The molecular formula is C26H56O14. The van der Waals surface area contributed by atoms with E-state index in [4.69, 9.17) is 55.9 Å². The first kappa shape index (κ1) is 50.5. The van der Waals surface area contributed by atoms with Crippen molar-refractivity contribution in [1.82, 2.24) is 0 Å². The molecule has 10 N–H and O–H groups in total. The van der Waals surface area contributed by atoms with Crippen LogP contribution in [0.2, 0.25) is 0 Å². The van der Waals surface area contributed by atoms with Gasteiger partial charge in [0.2, 0.25) is 0 Å². The molecule has 0 aromatic rings. The van der Waals surface area contributed by atoms with Crippen LogP contribution in [0.1, 0.15) is 105 Å². The molecule has 0 aliphatic carbocycles. The molecule has 0 aromatic heterocycles. The maximum atomic E-state index is 9.87. The van der Waals surface area contributed by atoms with E-state index in [2.05, 4.69) is 20.8 Å². The number of aliphatic carboxylic acids is 4. The standard InChI is InChI=1S/3C6H12O2.2C3H8O3.C2H4O2/c3*1-2-3-4-5-6(7)8;2*4-1-3(6)2-5;1-2(3)4/h3*2-5H2,1H3,(H,7,8);2*3-6H,1-2H2;1H3,(H,3,4). The second-order valence-corrected chi connectivity index (χ2v) is 8.11. The number of carboxylic acid groups (broad SMARTS) is 4. The molecule has 0 rings (SSSR count). The van der Waals surface area contributed by atoms with Gasteiger partial charge in [0.15, 0.2) is 0 Å². The number of aliphatic hydroxyl groups excluding tert-OH is 6. The van der Waals surface area contributed by atoms with E-state index in [0.717, 1.165) is 64.7 Å². The highest BCUT2D eigenvalue weighted by molar-refractivity contribution is 5.67. The number of rotatable bonds is 16. The van der Waals surface area contributed by atoms with Crippen LogP contribution >= 0.6 is 0 Å². The van der Waals surface area contributed by atoms with Gasteiger partial charge in [-0.05, 0) is 19.3 Å². The summed E-state index contributed by atoms with van der Waals surface area (Å²) in [6.07, 6.45) is 7.92. The van der Waals surface area contributed by atoms with Gasteiger partial charge in [-0.15, -0.1) is 0 Å². The zero-order valence-electron chi connectivity index (χ0n) is 24.6. The van der Waals surface area contributed by atoms with Gasteiger partial charge >= 0.3 is 17.9 Å². The summed E-state index contributed by atoms with van der Waals surface area (Å²) in [5.74, 6) is -2.88. The molecule has 0 spiro atoms. The first-order valence-electron chi connectivity index (χ1n) is 13.3. The van der Waals surface area contributed by atoms with E-state index in [1.807, 2.05) is 0 Å². The van der Waals surface area contributed by atoms with Gasteiger partial charge in [0.05, 0.1) is 26.4 Å². The average Bonchev–Trinajstić information content (AvgIpc) is 2.89. The van der Waals surface area contributed by atoms with Gasteiger partial charge in [-0.3, -0.25) is 19.2 Å². The zero-order chi connectivity index (χ0) is 32.8. The Bertz CT molecular complexity index is 460. The van der Waals surface area contributed by atoms with Crippen molar-refractivity contribution in [3.05, 3.63) is 0 Å². The highest BCUT2D eigenvalue weighted by atomic mass is 16.4. The fourth-order valence-corrected chi connectivity index (χ4v) is 1.69. The van der Waals surface area contributed by atoms with Crippen molar-refractivity contribution >= 4 is 23.9 Å². The Morgan fingerprint density at radius 3 is 0.725 bits per heavy atom. The monoisotopic (exact) mass is 592 g/mol. The van der Waals surface area contributed by atoms with Gasteiger partial charge < -0.3 is 51.1 Å². The summed E-state index contributed by atoms with van der Waals surface area (Å²) >= 11 is 0. The second kappa shape index (κ2) is 46.5. The van der Waals surface area contributed by atoms with Crippen LogP contribution in [0.4, 0.5) is 0 Å². The lowest BCUT2D eigenvalue weighted by molar-refractivity contribution is -0.138. The molecule has 0 heterocycles. The Morgan fingerprint density at radius 2 is 0.650 bits per heavy atom. The molecule has 0 aliphatic rings. The van der Waals surface area contributed by atoms with Crippen LogP contribution in [0.5, 0.6) is 0 Å². The molecule has 14 nitrogen and oxygen atoms in total. The number of aliphatic hydroxyl groups is 6. The third kappa shape index (κ3) is 100. The fourth-order valence-electron chi connectivity index (χ4n) is 1.69. The number of hydrogen-bond acceptors (Lipinski definition) is 10. The van der Waals surface area contributed by atoms with E-state index in [-0.39, 0.29) is 26.4 Å². The minimum atomic E-state index is -0.954. The van der Waals surface area contributed by atoms with Crippen LogP contribution in [-0.2, 0) is 19.2 Å². The molecule has 0 fully saturated rings. The fraction of sp³-hybridized carbons (Fsp3) is 0.846. The number of carboxylic acids is 4. The summed E-state index contributed by atoms with van der Waals surface area (Å²) in [6, 6.07) is 0. The first-order valence-corrected chi connectivity index (χ1v) is 13.3. The van der Waals surface area contributed by atoms with Crippen LogP contribution in [0.15, 0.2) is 0 Å². The Balaban J connectivity index is -0.0000000879. The molecular weight excluding hydrogens is 536 g/mol. The van der Waals surface area contributed by atoms with E-state index in [1.165, 1.54) is 0 Å². The highest BCUT2D eigenvalue weighted by Gasteiger charge is 1.95. The minimum Gasteiger partial charge on any atom is -0.481 e. The van der Waals surface area contributed by atoms with Crippen molar-refractivity contribution in [2.75, 3.05) is 26.4 Å². The number of carbonyl (C=O) groups is 4. The minimum absolute atomic E-state index is 0.327. The van der Waals surface area contributed by atoms with Crippen molar-refractivity contribution in [3.8, 4) is 0 Å². The molecule has 40 heavy (non-hydrogen) atoms. The zero-order valence-corrected chi connectivity index (χ0v) is 24.6. The van der Waals surface area contributed by atoms with Gasteiger partial charge in [-0.25, -0.2) is 0 Å². The van der Waals surface area contributed by atoms with Crippen molar-refractivity contribution in [3.63, 3.8) is 0 Å². The summed E-state index contributed by atoms with van der Waals surface area (Å²) in [5.41, 5.74) is 0. The Labute approximate surface area is 237 Å². The molecule has 0 aromatic carbocycles. The lowest BCUT2D eigenvalue weighted by Gasteiger charge is -1.96. The predicted octanol–water partition coefficient (Wildman–Crippen LogP) is 1.71. The molecule has 0 unspecified atom stereocenters. The molecule has 0 saturated carbocycles. The molecule has 0 atom stereocenters. The highest BCUT2D eigenvalue weighted by Crippen LogP contribution is 1.98. The Hall–Kier alpha value is -2.36. The average molecular weight is 593 g/mol. The van der Waals surface area contributed by atoms with Gasteiger partial charge in [0, 0.05) is 26.2 Å². The molecule has 0 radical (unpaired) electrons. The molecule has 0 aliphatic heterocycles. The van der Waals surface area contributed by atoms with E-state index in [1.54, 1.807) is 0 Å². The summed E-state index contributed by atoms with van der Waals surface area (Å²) in [6.45, 7) is 5.80. The lowest BCUT2D eigenvalue weighted by Crippen LogP contribution is -2.15. The van der Waals surface area contributed by atoms with E-state index >= 15 is 0 Å². The largest absolute Gasteiger partial charge is 0.481 e. The quantitative estimate of drug-likeness (QED) is 0.114. The van der Waals surface area contributed by atoms with E-state index in [0.29, 0.717) is 19.3 Å². The van der Waals surface area contributed by atoms with E-state index in [9.17, 15) is 14.4 Å². The van der Waals surface area contributed by atoms with Gasteiger partial charge in [-0.1, -0.05) is 59.3 Å². The van der Waals surface area contributed by atoms with Crippen LogP contribution < -0.4 is 0 Å². The summed E-state index contributed by atoms with van der Waals surface area (Å²) in [4.78, 5) is 38.6. The molecule has 244 valence electrons. The molecule has 0 amide bonds. The summed E-state index contributed by atoms with van der Waals surface area (Å²) < 4.78 is 0. The molecule has 0 saturated heterocycles. The number of unbranched alkanes of at least 4 members (excludes halogenated alkanes) is 6. The second-order valence-electron chi connectivity index (χ2n) is 8.11. The third-order valence-electron chi connectivity index (χ3n) is 3.83. The third-order valence-corrected chi connectivity index (χ3v) is 3.83. The topological polar surface area (TPSA) is 271 Å². The van der Waals surface area contributed by atoms with Gasteiger partial charge in [-0.2, -0.15) is 0 Å². The van der Waals surface area contributed by atoms with Crippen molar-refractivity contribution in [2.24, 2.45) is 0 Å². The van der Waals surface area contributed by atoms with Crippen LogP contribution in [0.3, 0.4) is 0 Å². The van der Waals surface area contributed by atoms with Crippen molar-refractivity contribution in [2.45, 2.75) is 117 Å². The van der Waals surface area contributed by atoms with E-state index < -0.39 is 36.1 Å². The van der Waals surface area contributed by atoms with Gasteiger partial charge in [0.1, 0.15) is 12.2 Å². The summed E-state index contributed by atoms with van der Waals surface area (Å²) in [5, 5.41) is 79.9.